The highest BCUT2D eigenvalue weighted by atomic mass is 35.5. The van der Waals surface area contributed by atoms with Gasteiger partial charge in [0.2, 0.25) is 5.91 Å². The number of likely N-dealkylation sites (tertiary alicyclic amines) is 1. The monoisotopic (exact) mass is 336 g/mol. The van der Waals surface area contributed by atoms with Gasteiger partial charge in [0, 0.05) is 0 Å². The van der Waals surface area contributed by atoms with Gasteiger partial charge in [-0.25, -0.2) is 4.90 Å². The van der Waals surface area contributed by atoms with E-state index in [0.29, 0.717) is 6.42 Å². The quantitative estimate of drug-likeness (QED) is 0.778. The molecule has 2 amide bonds. The summed E-state index contributed by atoms with van der Waals surface area (Å²) < 4.78 is 0. The number of nitrogens with zero attached hydrogens (tertiary/aromatic N) is 2. The molecule has 0 aliphatic carbocycles. The van der Waals surface area contributed by atoms with Crippen molar-refractivity contribution in [2.75, 3.05) is 18.0 Å². The number of hydrogen-bond donors (Lipinski definition) is 0. The Hall–Kier alpha value is -1.39. The van der Waals surface area contributed by atoms with Gasteiger partial charge in [-0.2, -0.15) is 0 Å². The minimum absolute atomic E-state index is 0. The molecule has 0 spiro atoms. The van der Waals surface area contributed by atoms with Crippen molar-refractivity contribution in [3.63, 3.8) is 0 Å². The molecule has 5 heteroatoms. The van der Waals surface area contributed by atoms with E-state index in [-0.39, 0.29) is 30.3 Å². The Bertz CT molecular complexity index is 595. The molecule has 1 aromatic rings. The fourth-order valence-electron chi connectivity index (χ4n) is 3.62. The Morgan fingerprint density at radius 1 is 1.00 bits per heavy atom. The van der Waals surface area contributed by atoms with Crippen molar-refractivity contribution in [2.45, 2.75) is 52.0 Å². The molecule has 2 fully saturated rings. The molecule has 0 saturated carbocycles. The number of hydrogen-bond acceptors (Lipinski definition) is 3. The number of benzene rings is 1. The van der Waals surface area contributed by atoms with Gasteiger partial charge < -0.3 is 0 Å². The zero-order valence-corrected chi connectivity index (χ0v) is 14.7. The second-order valence-electron chi connectivity index (χ2n) is 6.53. The van der Waals surface area contributed by atoms with Crippen molar-refractivity contribution in [2.24, 2.45) is 0 Å². The van der Waals surface area contributed by atoms with Gasteiger partial charge >= 0.3 is 0 Å². The minimum atomic E-state index is -0.258. The third-order valence-corrected chi connectivity index (χ3v) is 4.80. The molecule has 23 heavy (non-hydrogen) atoms. The topological polar surface area (TPSA) is 40.6 Å². The molecule has 2 saturated heterocycles. The molecule has 0 aromatic heterocycles. The van der Waals surface area contributed by atoms with Crippen molar-refractivity contribution in [1.82, 2.24) is 4.90 Å². The Morgan fingerprint density at radius 2 is 1.65 bits per heavy atom. The first-order valence-corrected chi connectivity index (χ1v) is 8.26. The van der Waals surface area contributed by atoms with Crippen molar-refractivity contribution in [3.05, 3.63) is 29.3 Å². The van der Waals surface area contributed by atoms with Crippen LogP contribution in [-0.4, -0.2) is 35.8 Å². The van der Waals surface area contributed by atoms with Gasteiger partial charge in [0.15, 0.2) is 0 Å². The number of anilines is 1. The number of rotatable bonds is 2. The lowest BCUT2D eigenvalue weighted by Crippen LogP contribution is -2.42. The third-order valence-electron chi connectivity index (χ3n) is 4.80. The average Bonchev–Trinajstić information content (AvgIpc) is 2.69. The van der Waals surface area contributed by atoms with Crippen molar-refractivity contribution in [3.8, 4) is 0 Å². The molecular weight excluding hydrogens is 312 g/mol. The van der Waals surface area contributed by atoms with Gasteiger partial charge in [-0.1, -0.05) is 30.5 Å². The van der Waals surface area contributed by atoms with Crippen molar-refractivity contribution >= 4 is 29.9 Å². The molecule has 2 heterocycles. The second-order valence-corrected chi connectivity index (χ2v) is 6.53. The highest BCUT2D eigenvalue weighted by molar-refractivity contribution is 6.22. The first kappa shape index (κ1) is 18.0. The predicted molar refractivity (Wildman–Crippen MR) is 94.1 cm³/mol. The van der Waals surface area contributed by atoms with E-state index in [1.165, 1.54) is 17.7 Å². The minimum Gasteiger partial charge on any atom is -0.292 e. The SMILES string of the molecule is Cc1ccc(N2C(=O)CC(N3CCCCCC3)C2=O)c(C)c1.Cl. The van der Waals surface area contributed by atoms with Gasteiger partial charge in [0.05, 0.1) is 18.2 Å². The van der Waals surface area contributed by atoms with Crippen LogP contribution >= 0.6 is 12.4 Å². The van der Waals surface area contributed by atoms with E-state index in [0.717, 1.165) is 42.7 Å². The molecule has 1 unspecified atom stereocenters. The van der Waals surface area contributed by atoms with E-state index in [4.69, 9.17) is 0 Å². The van der Waals surface area contributed by atoms with E-state index in [1.54, 1.807) is 0 Å². The van der Waals surface area contributed by atoms with Crippen LogP contribution in [0.5, 0.6) is 0 Å². The van der Waals surface area contributed by atoms with E-state index in [1.807, 2.05) is 32.0 Å². The van der Waals surface area contributed by atoms with Crippen molar-refractivity contribution < 1.29 is 9.59 Å². The number of imide groups is 1. The summed E-state index contributed by atoms with van der Waals surface area (Å²) >= 11 is 0. The first-order chi connectivity index (χ1) is 10.6. The smallest absolute Gasteiger partial charge is 0.251 e. The fraction of sp³-hybridized carbons (Fsp3) is 0.556. The molecule has 0 bridgehead atoms. The Morgan fingerprint density at radius 3 is 2.26 bits per heavy atom. The van der Waals surface area contributed by atoms with E-state index < -0.39 is 0 Å². The fourth-order valence-corrected chi connectivity index (χ4v) is 3.62. The lowest BCUT2D eigenvalue weighted by Gasteiger charge is -2.25. The van der Waals surface area contributed by atoms with Crippen molar-refractivity contribution in [1.29, 1.82) is 0 Å². The number of amides is 2. The summed E-state index contributed by atoms with van der Waals surface area (Å²) in [5, 5.41) is 0. The Balaban J connectivity index is 0.00000192. The summed E-state index contributed by atoms with van der Waals surface area (Å²) in [7, 11) is 0. The normalized spacial score (nSPS) is 22.9. The number of carbonyl (C=O) groups is 2. The summed E-state index contributed by atoms with van der Waals surface area (Å²) in [5.41, 5.74) is 2.88. The first-order valence-electron chi connectivity index (χ1n) is 8.26. The molecule has 1 aromatic carbocycles. The average molecular weight is 337 g/mol. The molecular formula is C18H25ClN2O2. The molecule has 1 atom stereocenters. The third kappa shape index (κ3) is 3.59. The van der Waals surface area contributed by atoms with Gasteiger partial charge in [-0.3, -0.25) is 14.5 Å². The van der Waals surface area contributed by atoms with Gasteiger partial charge in [-0.15, -0.1) is 12.4 Å². The molecule has 2 aliphatic heterocycles. The highest BCUT2D eigenvalue weighted by Gasteiger charge is 2.42. The molecule has 0 radical (unpaired) electrons. The molecule has 4 nitrogen and oxygen atoms in total. The van der Waals surface area contributed by atoms with Crippen LogP contribution in [0, 0.1) is 13.8 Å². The van der Waals surface area contributed by atoms with Crippen LogP contribution in [0.1, 0.15) is 43.2 Å². The Labute approximate surface area is 144 Å². The second kappa shape index (κ2) is 7.45. The lowest BCUT2D eigenvalue weighted by atomic mass is 10.1. The van der Waals surface area contributed by atoms with Crippen LogP contribution in [0.2, 0.25) is 0 Å². The summed E-state index contributed by atoms with van der Waals surface area (Å²) in [6.45, 7) is 5.85. The molecule has 0 N–H and O–H groups in total. The number of aryl methyl sites for hydroxylation is 2. The van der Waals surface area contributed by atoms with Crippen LogP contribution in [0.3, 0.4) is 0 Å². The molecule has 3 rings (SSSR count). The maximum absolute atomic E-state index is 12.8. The molecule has 2 aliphatic rings. The summed E-state index contributed by atoms with van der Waals surface area (Å²) in [4.78, 5) is 28.9. The zero-order chi connectivity index (χ0) is 15.7. The molecule has 126 valence electrons. The largest absolute Gasteiger partial charge is 0.292 e. The number of carbonyl (C=O) groups excluding carboxylic acids is 2. The van der Waals surface area contributed by atoms with Gasteiger partial charge in [-0.05, 0) is 51.4 Å². The zero-order valence-electron chi connectivity index (χ0n) is 13.9. The van der Waals surface area contributed by atoms with E-state index >= 15 is 0 Å². The van der Waals surface area contributed by atoms with Crippen LogP contribution in [-0.2, 0) is 9.59 Å². The summed E-state index contributed by atoms with van der Waals surface area (Å²) in [6, 6.07) is 5.62. The van der Waals surface area contributed by atoms with Crippen LogP contribution in [0.4, 0.5) is 5.69 Å². The van der Waals surface area contributed by atoms with Crippen LogP contribution in [0.25, 0.3) is 0 Å². The summed E-state index contributed by atoms with van der Waals surface area (Å²) in [5.74, 6) is -0.106. The van der Waals surface area contributed by atoms with Crippen LogP contribution in [0.15, 0.2) is 18.2 Å². The maximum Gasteiger partial charge on any atom is 0.251 e. The predicted octanol–water partition coefficient (Wildman–Crippen LogP) is 3.23. The van der Waals surface area contributed by atoms with E-state index in [2.05, 4.69) is 4.90 Å². The van der Waals surface area contributed by atoms with Crippen LogP contribution < -0.4 is 4.90 Å². The standard InChI is InChI=1S/C18H24N2O2.ClH/c1-13-7-8-15(14(2)11-13)20-17(21)12-16(18(20)22)19-9-5-3-4-6-10-19;/h7-8,11,16H,3-6,9-10,12H2,1-2H3;1H. The van der Waals surface area contributed by atoms with Gasteiger partial charge in [0.1, 0.15) is 0 Å². The lowest BCUT2D eigenvalue weighted by molar-refractivity contribution is -0.122. The highest BCUT2D eigenvalue weighted by Crippen LogP contribution is 2.29. The van der Waals surface area contributed by atoms with E-state index in [9.17, 15) is 9.59 Å². The summed E-state index contributed by atoms with van der Waals surface area (Å²) in [6.07, 6.45) is 5.04. The maximum atomic E-state index is 12.8. The number of halogens is 1. The van der Waals surface area contributed by atoms with Gasteiger partial charge in [0.25, 0.3) is 5.91 Å². The Kier molecular flexibility index (Phi) is 5.82.